The van der Waals surface area contributed by atoms with Crippen molar-refractivity contribution in [1.29, 1.82) is 0 Å². The Balaban J connectivity index is 1.80. The molecule has 4 heteroatoms. The molecule has 1 fully saturated rings. The number of unbranched alkanes of at least 4 members (excludes halogenated alkanes) is 1. The van der Waals surface area contributed by atoms with E-state index in [1.807, 2.05) is 30.3 Å². The molecule has 0 aliphatic heterocycles. The lowest BCUT2D eigenvalue weighted by molar-refractivity contribution is -0.128. The summed E-state index contributed by atoms with van der Waals surface area (Å²) in [4.78, 5) is 25.0. The zero-order valence-electron chi connectivity index (χ0n) is 13.3. The highest BCUT2D eigenvalue weighted by atomic mass is 16.2. The van der Waals surface area contributed by atoms with Gasteiger partial charge < -0.3 is 10.2 Å². The molecular formula is C18H24N2O2. The average molecular weight is 300 g/mol. The van der Waals surface area contributed by atoms with Gasteiger partial charge in [-0.25, -0.2) is 0 Å². The van der Waals surface area contributed by atoms with Gasteiger partial charge in [-0.1, -0.05) is 24.3 Å². The molecule has 2 rings (SSSR count). The van der Waals surface area contributed by atoms with Crippen molar-refractivity contribution in [3.8, 4) is 0 Å². The summed E-state index contributed by atoms with van der Waals surface area (Å²) in [6.07, 6.45) is 8.53. The van der Waals surface area contributed by atoms with Crippen LogP contribution in [0.25, 0.3) is 6.08 Å². The fourth-order valence-corrected chi connectivity index (χ4v) is 2.09. The van der Waals surface area contributed by atoms with Crippen LogP contribution in [0, 0.1) is 0 Å². The Morgan fingerprint density at radius 3 is 2.77 bits per heavy atom. The molecule has 0 heterocycles. The fourth-order valence-electron chi connectivity index (χ4n) is 2.09. The van der Waals surface area contributed by atoms with Crippen LogP contribution >= 0.6 is 0 Å². The largest absolute Gasteiger partial charge is 0.349 e. The third-order valence-corrected chi connectivity index (χ3v) is 3.63. The first-order valence-corrected chi connectivity index (χ1v) is 7.84. The lowest BCUT2D eigenvalue weighted by Crippen LogP contribution is -2.25. The van der Waals surface area contributed by atoms with Gasteiger partial charge in [0.1, 0.15) is 0 Å². The van der Waals surface area contributed by atoms with E-state index in [0.29, 0.717) is 18.0 Å². The van der Waals surface area contributed by atoms with Gasteiger partial charge in [0.25, 0.3) is 5.91 Å². The van der Waals surface area contributed by atoms with Crippen LogP contribution in [0.5, 0.6) is 0 Å². The van der Waals surface area contributed by atoms with E-state index in [9.17, 15) is 9.59 Å². The number of allylic oxidation sites excluding steroid dienone is 1. The molecule has 0 aromatic heterocycles. The fraction of sp³-hybridized carbons (Fsp3) is 0.444. The number of rotatable bonds is 7. The second-order valence-corrected chi connectivity index (χ2v) is 5.96. The van der Waals surface area contributed by atoms with Gasteiger partial charge in [-0.2, -0.15) is 0 Å². The Morgan fingerprint density at radius 2 is 2.09 bits per heavy atom. The van der Waals surface area contributed by atoms with E-state index < -0.39 is 0 Å². The van der Waals surface area contributed by atoms with Crippen LogP contribution in [0.3, 0.4) is 0 Å². The number of carbonyl (C=O) groups excluding carboxylic acids is 2. The predicted molar refractivity (Wildman–Crippen MR) is 88.5 cm³/mol. The van der Waals surface area contributed by atoms with Gasteiger partial charge in [0.05, 0.1) is 0 Å². The van der Waals surface area contributed by atoms with Gasteiger partial charge in [0, 0.05) is 32.1 Å². The van der Waals surface area contributed by atoms with Crippen LogP contribution in [-0.4, -0.2) is 36.9 Å². The molecule has 0 atom stereocenters. The van der Waals surface area contributed by atoms with E-state index in [4.69, 9.17) is 0 Å². The van der Waals surface area contributed by atoms with Gasteiger partial charge in [-0.05, 0) is 43.4 Å². The quantitative estimate of drug-likeness (QED) is 0.787. The smallest absolute Gasteiger partial charge is 0.251 e. The van der Waals surface area contributed by atoms with Crippen molar-refractivity contribution in [3.05, 3.63) is 41.5 Å². The SMILES string of the molecule is CN(C)C(=O)CCC/C=C\c1cccc(C(=O)NC2CC2)c1. The lowest BCUT2D eigenvalue weighted by Gasteiger charge is -2.08. The van der Waals surface area contributed by atoms with E-state index in [0.717, 1.165) is 31.2 Å². The summed E-state index contributed by atoms with van der Waals surface area (Å²) in [7, 11) is 3.55. The predicted octanol–water partition coefficient (Wildman–Crippen LogP) is 2.85. The molecule has 0 radical (unpaired) electrons. The van der Waals surface area contributed by atoms with Crippen molar-refractivity contribution < 1.29 is 9.59 Å². The number of benzene rings is 1. The Labute approximate surface area is 132 Å². The molecule has 0 unspecified atom stereocenters. The minimum atomic E-state index is 0.00864. The number of nitrogens with zero attached hydrogens (tertiary/aromatic N) is 1. The normalized spacial score (nSPS) is 14.1. The molecule has 1 aliphatic rings. The van der Waals surface area contributed by atoms with Crippen molar-refractivity contribution in [2.24, 2.45) is 0 Å². The molecular weight excluding hydrogens is 276 g/mol. The molecule has 1 N–H and O–H groups in total. The molecule has 1 aliphatic carbocycles. The molecule has 0 bridgehead atoms. The second-order valence-electron chi connectivity index (χ2n) is 5.96. The Morgan fingerprint density at radius 1 is 1.32 bits per heavy atom. The summed E-state index contributed by atoms with van der Waals surface area (Å²) in [5.74, 6) is 0.168. The monoisotopic (exact) mass is 300 g/mol. The topological polar surface area (TPSA) is 49.4 Å². The van der Waals surface area contributed by atoms with E-state index in [1.165, 1.54) is 0 Å². The summed E-state index contributed by atoms with van der Waals surface area (Å²) in [5, 5.41) is 2.99. The highest BCUT2D eigenvalue weighted by molar-refractivity contribution is 5.95. The number of hydrogen-bond donors (Lipinski definition) is 1. The zero-order chi connectivity index (χ0) is 15.9. The maximum atomic E-state index is 12.0. The van der Waals surface area contributed by atoms with Crippen molar-refractivity contribution in [2.45, 2.75) is 38.1 Å². The van der Waals surface area contributed by atoms with E-state index in [2.05, 4.69) is 11.4 Å². The van der Waals surface area contributed by atoms with Gasteiger partial charge in [0.2, 0.25) is 5.91 Å². The molecule has 4 nitrogen and oxygen atoms in total. The van der Waals surface area contributed by atoms with E-state index in [1.54, 1.807) is 19.0 Å². The van der Waals surface area contributed by atoms with Crippen molar-refractivity contribution in [1.82, 2.24) is 10.2 Å². The summed E-state index contributed by atoms with van der Waals surface area (Å²) in [5.41, 5.74) is 1.72. The van der Waals surface area contributed by atoms with E-state index in [-0.39, 0.29) is 11.8 Å². The third kappa shape index (κ3) is 5.35. The minimum Gasteiger partial charge on any atom is -0.349 e. The Kier molecular flexibility index (Phi) is 5.75. The molecule has 118 valence electrons. The van der Waals surface area contributed by atoms with Crippen LogP contribution in [-0.2, 0) is 4.79 Å². The molecule has 0 spiro atoms. The highest BCUT2D eigenvalue weighted by Gasteiger charge is 2.23. The number of amides is 2. The zero-order valence-corrected chi connectivity index (χ0v) is 13.3. The standard InChI is InChI=1S/C18H24N2O2/c1-20(2)17(21)10-5-3-4-7-14-8-6-9-15(13-14)18(22)19-16-11-12-16/h4,6-9,13,16H,3,5,10-12H2,1-2H3,(H,19,22)/b7-4-. The number of carbonyl (C=O) groups is 2. The first kappa shape index (κ1) is 16.3. The summed E-state index contributed by atoms with van der Waals surface area (Å²) in [6.45, 7) is 0. The molecule has 1 aromatic carbocycles. The summed E-state index contributed by atoms with van der Waals surface area (Å²) >= 11 is 0. The van der Waals surface area contributed by atoms with Gasteiger partial charge in [-0.3, -0.25) is 9.59 Å². The van der Waals surface area contributed by atoms with E-state index >= 15 is 0 Å². The van der Waals surface area contributed by atoms with Crippen LogP contribution in [0.15, 0.2) is 30.3 Å². The maximum Gasteiger partial charge on any atom is 0.251 e. The molecule has 22 heavy (non-hydrogen) atoms. The van der Waals surface area contributed by atoms with Crippen molar-refractivity contribution >= 4 is 17.9 Å². The number of nitrogens with one attached hydrogen (secondary N) is 1. The first-order valence-electron chi connectivity index (χ1n) is 7.84. The molecule has 0 saturated heterocycles. The Hall–Kier alpha value is -2.10. The van der Waals surface area contributed by atoms with Gasteiger partial charge in [0.15, 0.2) is 0 Å². The van der Waals surface area contributed by atoms with Crippen LogP contribution < -0.4 is 5.32 Å². The number of hydrogen-bond acceptors (Lipinski definition) is 2. The maximum absolute atomic E-state index is 12.0. The first-order chi connectivity index (χ1) is 10.6. The van der Waals surface area contributed by atoms with Crippen LogP contribution in [0.1, 0.15) is 48.0 Å². The summed E-state index contributed by atoms with van der Waals surface area (Å²) < 4.78 is 0. The summed E-state index contributed by atoms with van der Waals surface area (Å²) in [6, 6.07) is 8.00. The minimum absolute atomic E-state index is 0.00864. The Bertz CT molecular complexity index is 560. The van der Waals surface area contributed by atoms with Crippen molar-refractivity contribution in [2.75, 3.05) is 14.1 Å². The van der Waals surface area contributed by atoms with Crippen LogP contribution in [0.2, 0.25) is 0 Å². The van der Waals surface area contributed by atoms with Crippen LogP contribution in [0.4, 0.5) is 0 Å². The highest BCUT2D eigenvalue weighted by Crippen LogP contribution is 2.19. The molecule has 1 aromatic rings. The lowest BCUT2D eigenvalue weighted by atomic mass is 10.1. The molecule has 1 saturated carbocycles. The van der Waals surface area contributed by atoms with Crippen molar-refractivity contribution in [3.63, 3.8) is 0 Å². The average Bonchev–Trinajstić information content (AvgIpc) is 3.30. The molecule has 2 amide bonds. The third-order valence-electron chi connectivity index (χ3n) is 3.63. The van der Waals surface area contributed by atoms with Gasteiger partial charge >= 0.3 is 0 Å². The van der Waals surface area contributed by atoms with Gasteiger partial charge in [-0.15, -0.1) is 0 Å². The second kappa shape index (κ2) is 7.78.